The number of nitrogens with zero attached hydrogens (tertiary/aromatic N) is 1. The molecule has 0 heterocycles. The Hall–Kier alpha value is -2.04. The summed E-state index contributed by atoms with van der Waals surface area (Å²) in [5, 5.41) is 4.12. The van der Waals surface area contributed by atoms with Crippen LogP contribution in [0.15, 0.2) is 36.4 Å². The molecule has 2 amide bonds. The van der Waals surface area contributed by atoms with E-state index < -0.39 is 6.04 Å². The van der Waals surface area contributed by atoms with Crippen molar-refractivity contribution >= 4 is 35.0 Å². The van der Waals surface area contributed by atoms with Gasteiger partial charge in [0.05, 0.1) is 16.5 Å². The maximum Gasteiger partial charge on any atom is 0.243 e. The number of halogens is 2. The number of nitrogens with one attached hydrogen (secondary N) is 1. The molecule has 1 aliphatic carbocycles. The number of amides is 2. The molecule has 1 N–H and O–H groups in total. The Morgan fingerprint density at radius 2 is 1.76 bits per heavy atom. The van der Waals surface area contributed by atoms with Crippen LogP contribution >= 0.6 is 23.2 Å². The van der Waals surface area contributed by atoms with Crippen LogP contribution in [0.25, 0.3) is 0 Å². The van der Waals surface area contributed by atoms with Crippen molar-refractivity contribution < 1.29 is 9.59 Å². The van der Waals surface area contributed by atoms with Gasteiger partial charge in [-0.1, -0.05) is 79.2 Å². The lowest BCUT2D eigenvalue weighted by molar-refractivity contribution is -0.141. The number of hydrogen-bond donors (Lipinski definition) is 1. The van der Waals surface area contributed by atoms with Gasteiger partial charge in [-0.05, 0) is 61.9 Å². The lowest BCUT2D eigenvalue weighted by Crippen LogP contribution is -2.52. The summed E-state index contributed by atoms with van der Waals surface area (Å²) in [5.41, 5.74) is 4.02. The smallest absolute Gasteiger partial charge is 0.243 e. The molecule has 33 heavy (non-hydrogen) atoms. The van der Waals surface area contributed by atoms with Crippen molar-refractivity contribution in [1.82, 2.24) is 10.2 Å². The summed E-state index contributed by atoms with van der Waals surface area (Å²) in [4.78, 5) is 28.6. The molecule has 178 valence electrons. The van der Waals surface area contributed by atoms with E-state index in [1.807, 2.05) is 45.0 Å². The Bertz CT molecular complexity index is 986. The second kappa shape index (κ2) is 11.9. The van der Waals surface area contributed by atoms with Gasteiger partial charge in [-0.25, -0.2) is 0 Å². The van der Waals surface area contributed by atoms with Crippen molar-refractivity contribution in [2.75, 3.05) is 0 Å². The lowest BCUT2D eigenvalue weighted by atomic mass is 9.95. The molecule has 1 atom stereocenters. The third-order valence-corrected chi connectivity index (χ3v) is 7.26. The van der Waals surface area contributed by atoms with Gasteiger partial charge in [0.15, 0.2) is 0 Å². The number of hydrogen-bond acceptors (Lipinski definition) is 2. The van der Waals surface area contributed by atoms with E-state index in [1.54, 1.807) is 17.0 Å². The largest absolute Gasteiger partial charge is 0.352 e. The Morgan fingerprint density at radius 1 is 1.03 bits per heavy atom. The maximum atomic E-state index is 13.6. The van der Waals surface area contributed by atoms with Crippen molar-refractivity contribution in [2.45, 2.75) is 84.3 Å². The second-order valence-corrected chi connectivity index (χ2v) is 9.96. The van der Waals surface area contributed by atoms with Crippen LogP contribution in [0, 0.1) is 13.8 Å². The van der Waals surface area contributed by atoms with Crippen LogP contribution in [0.3, 0.4) is 0 Å². The molecular weight excluding hydrogens is 455 g/mol. The van der Waals surface area contributed by atoms with Crippen molar-refractivity contribution in [2.24, 2.45) is 0 Å². The van der Waals surface area contributed by atoms with Crippen molar-refractivity contribution in [1.29, 1.82) is 0 Å². The quantitative estimate of drug-likeness (QED) is 0.466. The first-order valence-corrected chi connectivity index (χ1v) is 12.6. The van der Waals surface area contributed by atoms with Crippen molar-refractivity contribution in [3.8, 4) is 0 Å². The SMILES string of the molecule is CCC(C(=O)NC1CCCCC1)N(Cc1ccc(Cl)c(Cl)c1)C(=O)Cc1cc(C)ccc1C. The molecule has 0 aliphatic heterocycles. The molecule has 4 nitrogen and oxygen atoms in total. The zero-order valence-corrected chi connectivity index (χ0v) is 21.3. The minimum Gasteiger partial charge on any atom is -0.352 e. The molecule has 1 aliphatic rings. The number of benzene rings is 2. The molecule has 1 unspecified atom stereocenters. The van der Waals surface area contributed by atoms with Gasteiger partial charge in [-0.3, -0.25) is 9.59 Å². The topological polar surface area (TPSA) is 49.4 Å². The molecule has 1 saturated carbocycles. The third kappa shape index (κ3) is 6.97. The molecular formula is C27H34Cl2N2O2. The Morgan fingerprint density at radius 3 is 2.42 bits per heavy atom. The summed E-state index contributed by atoms with van der Waals surface area (Å²) in [7, 11) is 0. The summed E-state index contributed by atoms with van der Waals surface area (Å²) in [6, 6.07) is 11.1. The minimum absolute atomic E-state index is 0.0691. The fourth-order valence-electron chi connectivity index (χ4n) is 4.55. The van der Waals surface area contributed by atoms with Crippen LogP contribution in [0.2, 0.25) is 10.0 Å². The Kier molecular flexibility index (Phi) is 9.22. The Balaban J connectivity index is 1.86. The average Bonchev–Trinajstić information content (AvgIpc) is 2.79. The summed E-state index contributed by atoms with van der Waals surface area (Å²) in [6.45, 7) is 6.29. The standard InChI is InChI=1S/C27H34Cl2N2O2/c1-4-25(27(33)30-22-8-6-5-7-9-22)31(17-20-12-13-23(28)24(29)15-20)26(32)16-21-14-18(2)10-11-19(21)3/h10-15,22,25H,4-9,16-17H2,1-3H3,(H,30,33). The van der Waals surface area contributed by atoms with E-state index in [2.05, 4.69) is 5.32 Å². The highest BCUT2D eigenvalue weighted by Gasteiger charge is 2.30. The summed E-state index contributed by atoms with van der Waals surface area (Å²) in [6.07, 6.45) is 6.30. The van der Waals surface area contributed by atoms with Crippen LogP contribution in [0.4, 0.5) is 0 Å². The van der Waals surface area contributed by atoms with Crippen LogP contribution in [0.5, 0.6) is 0 Å². The average molecular weight is 489 g/mol. The molecule has 1 fully saturated rings. The molecule has 0 radical (unpaired) electrons. The zero-order valence-electron chi connectivity index (χ0n) is 19.8. The van der Waals surface area contributed by atoms with E-state index >= 15 is 0 Å². The predicted octanol–water partition coefficient (Wildman–Crippen LogP) is 6.41. The Labute approximate surface area is 207 Å². The summed E-state index contributed by atoms with van der Waals surface area (Å²) < 4.78 is 0. The highest BCUT2D eigenvalue weighted by atomic mass is 35.5. The van der Waals surface area contributed by atoms with Crippen molar-refractivity contribution in [3.05, 3.63) is 68.7 Å². The monoisotopic (exact) mass is 488 g/mol. The van der Waals surface area contributed by atoms with E-state index in [4.69, 9.17) is 23.2 Å². The van der Waals surface area contributed by atoms with E-state index in [0.29, 0.717) is 23.0 Å². The third-order valence-electron chi connectivity index (χ3n) is 6.52. The number of aryl methyl sites for hydroxylation is 2. The van der Waals surface area contributed by atoms with Gasteiger partial charge in [0.2, 0.25) is 11.8 Å². The van der Waals surface area contributed by atoms with Gasteiger partial charge in [-0.15, -0.1) is 0 Å². The molecule has 2 aromatic carbocycles. The molecule has 2 aromatic rings. The first-order valence-electron chi connectivity index (χ1n) is 11.9. The number of carbonyl (C=O) groups is 2. The van der Waals surface area contributed by atoms with Gasteiger partial charge in [0, 0.05) is 12.6 Å². The number of rotatable bonds is 8. The summed E-state index contributed by atoms with van der Waals surface area (Å²) in [5.74, 6) is -0.140. The fourth-order valence-corrected chi connectivity index (χ4v) is 4.87. The molecule has 0 bridgehead atoms. The van der Waals surface area contributed by atoms with E-state index in [-0.39, 0.29) is 24.3 Å². The number of carbonyl (C=O) groups excluding carboxylic acids is 2. The first-order chi connectivity index (χ1) is 15.8. The van der Waals surface area contributed by atoms with E-state index in [1.165, 1.54) is 6.42 Å². The van der Waals surface area contributed by atoms with Gasteiger partial charge < -0.3 is 10.2 Å². The molecule has 0 spiro atoms. The second-order valence-electron chi connectivity index (χ2n) is 9.14. The fraction of sp³-hybridized carbons (Fsp3) is 0.481. The van der Waals surface area contributed by atoms with Gasteiger partial charge in [0.25, 0.3) is 0 Å². The van der Waals surface area contributed by atoms with Crippen LogP contribution < -0.4 is 5.32 Å². The van der Waals surface area contributed by atoms with Crippen LogP contribution in [-0.4, -0.2) is 28.8 Å². The van der Waals surface area contributed by atoms with Gasteiger partial charge in [0.1, 0.15) is 6.04 Å². The van der Waals surface area contributed by atoms with Gasteiger partial charge >= 0.3 is 0 Å². The van der Waals surface area contributed by atoms with Crippen molar-refractivity contribution in [3.63, 3.8) is 0 Å². The lowest BCUT2D eigenvalue weighted by Gasteiger charge is -2.33. The van der Waals surface area contributed by atoms with E-state index in [9.17, 15) is 9.59 Å². The molecule has 3 rings (SSSR count). The molecule has 0 saturated heterocycles. The molecule has 6 heteroatoms. The zero-order chi connectivity index (χ0) is 24.0. The van der Waals surface area contributed by atoms with Crippen LogP contribution in [0.1, 0.15) is 67.7 Å². The predicted molar refractivity (Wildman–Crippen MR) is 136 cm³/mol. The molecule has 0 aromatic heterocycles. The normalized spacial score (nSPS) is 15.2. The highest BCUT2D eigenvalue weighted by molar-refractivity contribution is 6.42. The first kappa shape index (κ1) is 25.6. The van der Waals surface area contributed by atoms with E-state index in [0.717, 1.165) is 47.9 Å². The highest BCUT2D eigenvalue weighted by Crippen LogP contribution is 2.25. The van der Waals surface area contributed by atoms with Gasteiger partial charge in [-0.2, -0.15) is 0 Å². The summed E-state index contributed by atoms with van der Waals surface area (Å²) >= 11 is 12.3. The maximum absolute atomic E-state index is 13.6. The van der Waals surface area contributed by atoms with Crippen LogP contribution in [-0.2, 0) is 22.6 Å². The minimum atomic E-state index is -0.543.